The van der Waals surface area contributed by atoms with Crippen LogP contribution < -0.4 is 5.32 Å². The molecular formula is C16H25BrN2. The van der Waals surface area contributed by atoms with Gasteiger partial charge in [-0.3, -0.25) is 4.90 Å². The van der Waals surface area contributed by atoms with E-state index in [0.717, 1.165) is 12.5 Å². The van der Waals surface area contributed by atoms with Gasteiger partial charge < -0.3 is 5.32 Å². The van der Waals surface area contributed by atoms with Crippen molar-refractivity contribution in [3.05, 3.63) is 34.3 Å². The molecule has 1 aliphatic heterocycles. The van der Waals surface area contributed by atoms with Crippen molar-refractivity contribution in [2.24, 2.45) is 5.92 Å². The van der Waals surface area contributed by atoms with E-state index >= 15 is 0 Å². The molecule has 19 heavy (non-hydrogen) atoms. The van der Waals surface area contributed by atoms with Crippen LogP contribution in [0.1, 0.15) is 31.2 Å². The van der Waals surface area contributed by atoms with Gasteiger partial charge in [-0.15, -0.1) is 0 Å². The topological polar surface area (TPSA) is 15.3 Å². The molecule has 0 unspecified atom stereocenters. The maximum absolute atomic E-state index is 3.49. The summed E-state index contributed by atoms with van der Waals surface area (Å²) in [6.45, 7) is 4.80. The van der Waals surface area contributed by atoms with E-state index in [4.69, 9.17) is 0 Å². The van der Waals surface area contributed by atoms with Gasteiger partial charge in [0.15, 0.2) is 0 Å². The van der Waals surface area contributed by atoms with Crippen LogP contribution in [-0.2, 0) is 6.54 Å². The molecule has 3 heteroatoms. The van der Waals surface area contributed by atoms with E-state index in [1.807, 2.05) is 7.05 Å². The molecule has 0 amide bonds. The Labute approximate surface area is 125 Å². The summed E-state index contributed by atoms with van der Waals surface area (Å²) in [6.07, 6.45) is 5.47. The van der Waals surface area contributed by atoms with Crippen molar-refractivity contribution in [2.75, 3.05) is 26.7 Å². The molecule has 2 nitrogen and oxygen atoms in total. The van der Waals surface area contributed by atoms with Crippen LogP contribution in [-0.4, -0.2) is 31.6 Å². The molecule has 2 rings (SSSR count). The zero-order valence-electron chi connectivity index (χ0n) is 11.9. The highest BCUT2D eigenvalue weighted by molar-refractivity contribution is 9.10. The van der Waals surface area contributed by atoms with E-state index < -0.39 is 0 Å². The predicted molar refractivity (Wildman–Crippen MR) is 85.3 cm³/mol. The fourth-order valence-electron chi connectivity index (χ4n) is 2.85. The van der Waals surface area contributed by atoms with Crippen molar-refractivity contribution >= 4 is 15.9 Å². The van der Waals surface area contributed by atoms with Crippen molar-refractivity contribution < 1.29 is 0 Å². The molecule has 0 saturated carbocycles. The van der Waals surface area contributed by atoms with Crippen molar-refractivity contribution in [1.82, 2.24) is 10.2 Å². The minimum Gasteiger partial charge on any atom is -0.320 e. The lowest BCUT2D eigenvalue weighted by Crippen LogP contribution is -2.33. The van der Waals surface area contributed by atoms with Gasteiger partial charge in [-0.1, -0.05) is 28.1 Å². The summed E-state index contributed by atoms with van der Waals surface area (Å²) >= 11 is 3.49. The van der Waals surface area contributed by atoms with Crippen molar-refractivity contribution in [3.63, 3.8) is 0 Å². The Bertz CT molecular complexity index is 356. The number of hydrogen-bond donors (Lipinski definition) is 1. The Morgan fingerprint density at radius 1 is 1.21 bits per heavy atom. The lowest BCUT2D eigenvalue weighted by atomic mass is 9.92. The fourth-order valence-corrected chi connectivity index (χ4v) is 3.11. The minimum atomic E-state index is 0.953. The summed E-state index contributed by atoms with van der Waals surface area (Å²) in [6, 6.07) is 8.73. The number of nitrogens with one attached hydrogen (secondary N) is 1. The van der Waals surface area contributed by atoms with Crippen molar-refractivity contribution in [1.29, 1.82) is 0 Å². The van der Waals surface area contributed by atoms with Gasteiger partial charge in [-0.25, -0.2) is 0 Å². The Morgan fingerprint density at radius 3 is 2.53 bits per heavy atom. The lowest BCUT2D eigenvalue weighted by Gasteiger charge is -2.32. The molecule has 1 aromatic rings. The van der Waals surface area contributed by atoms with Gasteiger partial charge in [0, 0.05) is 11.0 Å². The first kappa shape index (κ1) is 15.0. The zero-order chi connectivity index (χ0) is 13.5. The Hall–Kier alpha value is -0.380. The lowest BCUT2D eigenvalue weighted by molar-refractivity contribution is 0.171. The standard InChI is InChI=1S/C16H25BrN2/c1-18-10-2-3-14-8-11-19(12-9-14)13-15-4-6-16(17)7-5-15/h4-7,14,18H,2-3,8-13H2,1H3. The largest absolute Gasteiger partial charge is 0.320 e. The van der Waals surface area contributed by atoms with Crippen molar-refractivity contribution in [2.45, 2.75) is 32.2 Å². The van der Waals surface area contributed by atoms with Crippen LogP contribution >= 0.6 is 15.9 Å². The second-order valence-corrected chi connectivity index (χ2v) is 6.51. The molecular weight excluding hydrogens is 300 g/mol. The van der Waals surface area contributed by atoms with Gasteiger partial charge in [-0.05, 0) is 76.0 Å². The van der Waals surface area contributed by atoms with Crippen LogP contribution in [0.5, 0.6) is 0 Å². The van der Waals surface area contributed by atoms with Crippen LogP contribution in [0.2, 0.25) is 0 Å². The molecule has 0 spiro atoms. The highest BCUT2D eigenvalue weighted by Crippen LogP contribution is 2.23. The van der Waals surface area contributed by atoms with Crippen molar-refractivity contribution in [3.8, 4) is 0 Å². The first-order valence-electron chi connectivity index (χ1n) is 7.39. The number of likely N-dealkylation sites (tertiary alicyclic amines) is 1. The summed E-state index contributed by atoms with van der Waals surface area (Å²) in [5.74, 6) is 0.953. The smallest absolute Gasteiger partial charge is 0.0233 e. The second kappa shape index (κ2) is 8.03. The van der Waals surface area contributed by atoms with Gasteiger partial charge in [-0.2, -0.15) is 0 Å². The molecule has 1 N–H and O–H groups in total. The molecule has 0 bridgehead atoms. The summed E-state index contributed by atoms with van der Waals surface area (Å²) in [5, 5.41) is 3.24. The summed E-state index contributed by atoms with van der Waals surface area (Å²) in [5.41, 5.74) is 1.43. The Morgan fingerprint density at radius 2 is 1.89 bits per heavy atom. The second-order valence-electron chi connectivity index (χ2n) is 5.59. The first-order valence-corrected chi connectivity index (χ1v) is 8.18. The highest BCUT2D eigenvalue weighted by Gasteiger charge is 2.18. The minimum absolute atomic E-state index is 0.953. The molecule has 0 aromatic heterocycles. The van der Waals surface area contributed by atoms with Crippen LogP contribution in [0, 0.1) is 5.92 Å². The van der Waals surface area contributed by atoms with Crippen LogP contribution in [0.25, 0.3) is 0 Å². The molecule has 0 aliphatic carbocycles. The average Bonchev–Trinajstić information content (AvgIpc) is 2.44. The molecule has 106 valence electrons. The normalized spacial score (nSPS) is 17.8. The van der Waals surface area contributed by atoms with Crippen LogP contribution in [0.15, 0.2) is 28.7 Å². The van der Waals surface area contributed by atoms with E-state index in [2.05, 4.69) is 50.4 Å². The van der Waals surface area contributed by atoms with E-state index in [1.165, 1.54) is 55.4 Å². The molecule has 0 atom stereocenters. The SMILES string of the molecule is CNCCCC1CCN(Cc2ccc(Br)cc2)CC1. The number of hydrogen-bond acceptors (Lipinski definition) is 2. The van der Waals surface area contributed by atoms with E-state index in [0.29, 0.717) is 0 Å². The third kappa shape index (κ3) is 5.25. The fraction of sp³-hybridized carbons (Fsp3) is 0.625. The van der Waals surface area contributed by atoms with E-state index in [1.54, 1.807) is 0 Å². The number of benzene rings is 1. The molecule has 1 heterocycles. The van der Waals surface area contributed by atoms with E-state index in [-0.39, 0.29) is 0 Å². The maximum Gasteiger partial charge on any atom is 0.0233 e. The monoisotopic (exact) mass is 324 g/mol. The molecule has 1 saturated heterocycles. The average molecular weight is 325 g/mol. The third-order valence-electron chi connectivity index (χ3n) is 4.07. The summed E-state index contributed by atoms with van der Waals surface area (Å²) < 4.78 is 1.17. The summed E-state index contributed by atoms with van der Waals surface area (Å²) in [7, 11) is 2.04. The first-order chi connectivity index (χ1) is 9.28. The molecule has 0 radical (unpaired) electrons. The van der Waals surface area contributed by atoms with Gasteiger partial charge in [0.2, 0.25) is 0 Å². The predicted octanol–water partition coefficient (Wildman–Crippen LogP) is 3.66. The van der Waals surface area contributed by atoms with Gasteiger partial charge >= 0.3 is 0 Å². The van der Waals surface area contributed by atoms with Gasteiger partial charge in [0.05, 0.1) is 0 Å². The summed E-state index contributed by atoms with van der Waals surface area (Å²) in [4.78, 5) is 2.60. The van der Waals surface area contributed by atoms with Crippen LogP contribution in [0.3, 0.4) is 0 Å². The molecule has 1 aromatic carbocycles. The number of piperidine rings is 1. The van der Waals surface area contributed by atoms with E-state index in [9.17, 15) is 0 Å². The maximum atomic E-state index is 3.49. The quantitative estimate of drug-likeness (QED) is 0.803. The van der Waals surface area contributed by atoms with Gasteiger partial charge in [0.25, 0.3) is 0 Å². The molecule has 1 aliphatic rings. The number of halogens is 1. The van der Waals surface area contributed by atoms with Crippen LogP contribution in [0.4, 0.5) is 0 Å². The highest BCUT2D eigenvalue weighted by atomic mass is 79.9. The third-order valence-corrected chi connectivity index (χ3v) is 4.59. The zero-order valence-corrected chi connectivity index (χ0v) is 13.5. The van der Waals surface area contributed by atoms with Gasteiger partial charge in [0.1, 0.15) is 0 Å². The Balaban J connectivity index is 1.69. The number of nitrogens with zero attached hydrogens (tertiary/aromatic N) is 1. The Kier molecular flexibility index (Phi) is 6.35. The number of rotatable bonds is 6. The molecule has 1 fully saturated rings.